The van der Waals surface area contributed by atoms with Gasteiger partial charge < -0.3 is 24.6 Å². The highest BCUT2D eigenvalue weighted by atomic mass is 16.5. The van der Waals surface area contributed by atoms with Crippen molar-refractivity contribution in [2.75, 3.05) is 26.6 Å². The van der Waals surface area contributed by atoms with Crippen LogP contribution in [0, 0.1) is 0 Å². The van der Waals surface area contributed by atoms with Gasteiger partial charge in [-0.3, -0.25) is 4.79 Å². The van der Waals surface area contributed by atoms with Gasteiger partial charge in [-0.05, 0) is 24.1 Å². The normalized spacial score (nSPS) is 10.1. The number of carboxylic acid groups (broad SMARTS) is 1. The van der Waals surface area contributed by atoms with Crippen molar-refractivity contribution in [3.63, 3.8) is 0 Å². The molecule has 0 saturated carbocycles. The minimum absolute atomic E-state index is 0.179. The number of carboxylic acids is 1. The number of rotatable bonds is 8. The number of amides is 1. The second kappa shape index (κ2) is 8.75. The van der Waals surface area contributed by atoms with E-state index in [1.807, 2.05) is 0 Å². The van der Waals surface area contributed by atoms with E-state index in [-0.39, 0.29) is 17.9 Å². The highest BCUT2D eigenvalue weighted by Gasteiger charge is 2.14. The number of carbonyl (C=O) groups excluding carboxylic acids is 1. The van der Waals surface area contributed by atoms with Crippen molar-refractivity contribution in [2.45, 2.75) is 12.8 Å². The first-order valence-corrected chi connectivity index (χ1v) is 7.90. The lowest BCUT2D eigenvalue weighted by molar-refractivity contribution is -0.116. The molecule has 2 N–H and O–H groups in total. The second-order valence-corrected chi connectivity index (χ2v) is 5.46. The molecule has 7 nitrogen and oxygen atoms in total. The summed E-state index contributed by atoms with van der Waals surface area (Å²) in [6.45, 7) is 0. The van der Waals surface area contributed by atoms with Gasteiger partial charge in [-0.2, -0.15) is 0 Å². The molecule has 0 aromatic heterocycles. The summed E-state index contributed by atoms with van der Waals surface area (Å²) in [7, 11) is 4.52. The van der Waals surface area contributed by atoms with Crippen molar-refractivity contribution in [2.24, 2.45) is 0 Å². The van der Waals surface area contributed by atoms with Crippen LogP contribution in [0.25, 0.3) is 0 Å². The van der Waals surface area contributed by atoms with Crippen molar-refractivity contribution in [3.05, 3.63) is 47.5 Å². The SMILES string of the molecule is COc1cc(NC(=O)CCc2ccc(C(=O)O)cc2)cc(OC)c1OC. The van der Waals surface area contributed by atoms with Gasteiger partial charge in [0.15, 0.2) is 11.5 Å². The molecule has 2 rings (SSSR count). The zero-order valence-electron chi connectivity index (χ0n) is 14.9. The monoisotopic (exact) mass is 359 g/mol. The summed E-state index contributed by atoms with van der Waals surface area (Å²) in [5.41, 5.74) is 1.64. The van der Waals surface area contributed by atoms with Crippen LogP contribution in [0.2, 0.25) is 0 Å². The molecule has 0 fully saturated rings. The van der Waals surface area contributed by atoms with Crippen molar-refractivity contribution in [3.8, 4) is 17.2 Å². The third-order valence-corrected chi connectivity index (χ3v) is 3.79. The number of aryl methyl sites for hydroxylation is 1. The number of ether oxygens (including phenoxy) is 3. The van der Waals surface area contributed by atoms with Crippen LogP contribution >= 0.6 is 0 Å². The average molecular weight is 359 g/mol. The van der Waals surface area contributed by atoms with Gasteiger partial charge in [0.1, 0.15) is 0 Å². The lowest BCUT2D eigenvalue weighted by Crippen LogP contribution is -2.12. The Morgan fingerprint density at radius 2 is 1.54 bits per heavy atom. The first-order valence-electron chi connectivity index (χ1n) is 7.90. The molecular formula is C19H21NO6. The summed E-state index contributed by atoms with van der Waals surface area (Å²) >= 11 is 0. The van der Waals surface area contributed by atoms with Crippen LogP contribution in [0.4, 0.5) is 5.69 Å². The fraction of sp³-hybridized carbons (Fsp3) is 0.263. The second-order valence-electron chi connectivity index (χ2n) is 5.46. The Morgan fingerprint density at radius 3 is 2.00 bits per heavy atom. The highest BCUT2D eigenvalue weighted by Crippen LogP contribution is 2.39. The third kappa shape index (κ3) is 4.66. The van der Waals surface area contributed by atoms with Crippen LogP contribution in [0.3, 0.4) is 0 Å². The van der Waals surface area contributed by atoms with Crippen LogP contribution in [0.5, 0.6) is 17.2 Å². The minimum Gasteiger partial charge on any atom is -0.493 e. The molecule has 0 saturated heterocycles. The summed E-state index contributed by atoms with van der Waals surface area (Å²) < 4.78 is 15.8. The lowest BCUT2D eigenvalue weighted by Gasteiger charge is -2.14. The maximum atomic E-state index is 12.2. The van der Waals surface area contributed by atoms with E-state index in [0.29, 0.717) is 29.4 Å². The number of hydrogen-bond acceptors (Lipinski definition) is 5. The molecule has 2 aromatic carbocycles. The number of methoxy groups -OCH3 is 3. The summed E-state index contributed by atoms with van der Waals surface area (Å²) in [6.07, 6.45) is 0.749. The Morgan fingerprint density at radius 1 is 0.962 bits per heavy atom. The van der Waals surface area contributed by atoms with Gasteiger partial charge in [0.25, 0.3) is 0 Å². The van der Waals surface area contributed by atoms with Crippen molar-refractivity contribution < 1.29 is 28.9 Å². The molecule has 0 bridgehead atoms. The number of hydrogen-bond donors (Lipinski definition) is 2. The minimum atomic E-state index is -0.975. The number of anilines is 1. The van der Waals surface area contributed by atoms with E-state index in [9.17, 15) is 9.59 Å². The fourth-order valence-electron chi connectivity index (χ4n) is 2.45. The van der Waals surface area contributed by atoms with Gasteiger partial charge in [0, 0.05) is 24.2 Å². The number of carbonyl (C=O) groups is 2. The van der Waals surface area contributed by atoms with Gasteiger partial charge in [-0.25, -0.2) is 4.79 Å². The molecule has 26 heavy (non-hydrogen) atoms. The maximum Gasteiger partial charge on any atom is 0.335 e. The molecular weight excluding hydrogens is 338 g/mol. The summed E-state index contributed by atoms with van der Waals surface area (Å²) in [5, 5.41) is 11.7. The van der Waals surface area contributed by atoms with Crippen LogP contribution in [-0.4, -0.2) is 38.3 Å². The standard InChI is InChI=1S/C19H21NO6/c1-24-15-10-14(11-16(25-2)18(15)26-3)20-17(21)9-6-12-4-7-13(8-5-12)19(22)23/h4-5,7-8,10-11H,6,9H2,1-3H3,(H,20,21)(H,22,23). The Balaban J connectivity index is 2.02. The van der Waals surface area contributed by atoms with Gasteiger partial charge in [0.2, 0.25) is 11.7 Å². The van der Waals surface area contributed by atoms with E-state index >= 15 is 0 Å². The van der Waals surface area contributed by atoms with Crippen LogP contribution in [-0.2, 0) is 11.2 Å². The zero-order valence-corrected chi connectivity index (χ0v) is 14.9. The van der Waals surface area contributed by atoms with E-state index in [0.717, 1.165) is 5.56 Å². The number of benzene rings is 2. The summed E-state index contributed by atoms with van der Waals surface area (Å²) in [5.74, 6) is 0.197. The number of aromatic carboxylic acids is 1. The quantitative estimate of drug-likeness (QED) is 0.752. The van der Waals surface area contributed by atoms with E-state index in [2.05, 4.69) is 5.32 Å². The number of nitrogens with one attached hydrogen (secondary N) is 1. The van der Waals surface area contributed by atoms with Gasteiger partial charge in [0.05, 0.1) is 26.9 Å². The molecule has 0 atom stereocenters. The predicted molar refractivity (Wildman–Crippen MR) is 96.5 cm³/mol. The Labute approximate surface area is 151 Å². The molecule has 0 aliphatic carbocycles. The zero-order chi connectivity index (χ0) is 19.1. The predicted octanol–water partition coefficient (Wildman–Crippen LogP) is 2.98. The summed E-state index contributed by atoms with van der Waals surface area (Å²) in [6, 6.07) is 9.76. The van der Waals surface area contributed by atoms with Gasteiger partial charge >= 0.3 is 5.97 Å². The molecule has 0 aliphatic rings. The molecule has 7 heteroatoms. The molecule has 0 radical (unpaired) electrons. The van der Waals surface area contributed by atoms with Crippen molar-refractivity contribution in [1.29, 1.82) is 0 Å². The third-order valence-electron chi connectivity index (χ3n) is 3.79. The fourth-order valence-corrected chi connectivity index (χ4v) is 2.45. The van der Waals surface area contributed by atoms with E-state index in [1.165, 1.54) is 33.5 Å². The molecule has 0 unspecified atom stereocenters. The largest absolute Gasteiger partial charge is 0.493 e. The summed E-state index contributed by atoms with van der Waals surface area (Å²) in [4.78, 5) is 23.0. The van der Waals surface area contributed by atoms with Gasteiger partial charge in [-0.15, -0.1) is 0 Å². The molecule has 1 amide bonds. The van der Waals surface area contributed by atoms with Crippen LogP contribution in [0.1, 0.15) is 22.3 Å². The van der Waals surface area contributed by atoms with Crippen molar-refractivity contribution in [1.82, 2.24) is 0 Å². The first-order chi connectivity index (χ1) is 12.5. The van der Waals surface area contributed by atoms with Crippen molar-refractivity contribution >= 4 is 17.6 Å². The first kappa shape index (κ1) is 19.1. The molecule has 138 valence electrons. The van der Waals surface area contributed by atoms with E-state index in [4.69, 9.17) is 19.3 Å². The lowest BCUT2D eigenvalue weighted by atomic mass is 10.1. The molecule has 0 spiro atoms. The van der Waals surface area contributed by atoms with E-state index < -0.39 is 5.97 Å². The van der Waals surface area contributed by atoms with Crippen LogP contribution in [0.15, 0.2) is 36.4 Å². The molecule has 2 aromatic rings. The Kier molecular flexibility index (Phi) is 6.43. The molecule has 0 aliphatic heterocycles. The topological polar surface area (TPSA) is 94.1 Å². The van der Waals surface area contributed by atoms with Gasteiger partial charge in [-0.1, -0.05) is 12.1 Å². The Hall–Kier alpha value is -3.22. The smallest absolute Gasteiger partial charge is 0.335 e. The highest BCUT2D eigenvalue weighted by molar-refractivity contribution is 5.91. The van der Waals surface area contributed by atoms with Crippen LogP contribution < -0.4 is 19.5 Å². The Bertz CT molecular complexity index is 760. The molecule has 0 heterocycles. The average Bonchev–Trinajstić information content (AvgIpc) is 2.65. The maximum absolute atomic E-state index is 12.2. The van der Waals surface area contributed by atoms with E-state index in [1.54, 1.807) is 24.3 Å².